The SMILES string of the molecule is CCCCCCCCC/C=C\CCCCCCCC(=O)Oc1ccc(OP(=O)(CO[C@H](C)Cn2cnc3c(N)ncnc32)N[C@@H](C)C(=O)OCCCC)c2ccccc12. The molecule has 2 aromatic heterocycles. The lowest BCUT2D eigenvalue weighted by molar-refractivity contribution is -0.145. The second-order valence-corrected chi connectivity index (χ2v) is 17.4. The first-order chi connectivity index (χ1) is 28.6. The molecular formula is C45H67N6O7P. The lowest BCUT2D eigenvalue weighted by Crippen LogP contribution is -2.36. The van der Waals surface area contributed by atoms with Crippen molar-refractivity contribution >= 4 is 47.2 Å². The average Bonchev–Trinajstić information content (AvgIpc) is 3.64. The second kappa shape index (κ2) is 26.0. The van der Waals surface area contributed by atoms with E-state index in [0.717, 1.165) is 38.5 Å². The molecule has 2 heterocycles. The molecule has 324 valence electrons. The van der Waals surface area contributed by atoms with Gasteiger partial charge < -0.3 is 29.0 Å². The Kier molecular flexibility index (Phi) is 20.9. The third-order valence-corrected chi connectivity index (χ3v) is 11.9. The Morgan fingerprint density at radius 2 is 1.44 bits per heavy atom. The highest BCUT2D eigenvalue weighted by atomic mass is 31.2. The quantitative estimate of drug-likeness (QED) is 0.0168. The first-order valence-electron chi connectivity index (χ1n) is 21.8. The molecule has 14 heteroatoms. The summed E-state index contributed by atoms with van der Waals surface area (Å²) >= 11 is 0. The number of rotatable bonds is 30. The van der Waals surface area contributed by atoms with Gasteiger partial charge >= 0.3 is 19.5 Å². The molecule has 0 bridgehead atoms. The number of unbranched alkanes of at least 4 members (excludes halogenated alkanes) is 13. The summed E-state index contributed by atoms with van der Waals surface area (Å²) in [7, 11) is -3.93. The van der Waals surface area contributed by atoms with Crippen LogP contribution in [0.25, 0.3) is 21.9 Å². The molecule has 1 unspecified atom stereocenters. The van der Waals surface area contributed by atoms with Crippen molar-refractivity contribution in [1.29, 1.82) is 0 Å². The molecule has 0 fully saturated rings. The van der Waals surface area contributed by atoms with Crippen LogP contribution in [0.4, 0.5) is 5.82 Å². The number of nitrogens with one attached hydrogen (secondary N) is 1. The molecule has 3 atom stereocenters. The monoisotopic (exact) mass is 834 g/mol. The third kappa shape index (κ3) is 16.3. The van der Waals surface area contributed by atoms with Gasteiger partial charge in [-0.25, -0.2) is 20.0 Å². The van der Waals surface area contributed by atoms with Crippen LogP contribution in [0.2, 0.25) is 0 Å². The zero-order valence-corrected chi connectivity index (χ0v) is 36.6. The molecule has 4 rings (SSSR count). The first-order valence-corrected chi connectivity index (χ1v) is 23.6. The van der Waals surface area contributed by atoms with Crippen molar-refractivity contribution in [3.63, 3.8) is 0 Å². The van der Waals surface area contributed by atoms with E-state index in [-0.39, 0.29) is 30.5 Å². The van der Waals surface area contributed by atoms with Gasteiger partial charge in [-0.3, -0.25) is 14.2 Å². The number of hydrogen-bond acceptors (Lipinski definition) is 11. The number of benzene rings is 2. The minimum atomic E-state index is -3.93. The standard InChI is InChI=1S/C45H67N6O7P/c1-5-7-9-10-11-12-13-14-15-16-17-18-19-20-21-22-27-41(52)57-39-28-29-40(38-26-24-23-25-37(38)39)58-59(54,50-36(4)45(53)55-30-8-6-2)34-56-35(3)31-51-33-49-42-43(46)47-32-48-44(42)51/h15-16,23-26,28-29,32-33,35-36H,5-14,17-22,27,30-31,34H2,1-4H3,(H,50,54)(H2,46,47,48)/b16-15-/t35-,36+,59?/m1/s1. The van der Waals surface area contributed by atoms with Crippen LogP contribution < -0.4 is 20.1 Å². The Morgan fingerprint density at radius 3 is 2.14 bits per heavy atom. The number of ether oxygens (including phenoxy) is 3. The zero-order valence-electron chi connectivity index (χ0n) is 35.7. The highest BCUT2D eigenvalue weighted by Crippen LogP contribution is 2.47. The fraction of sp³-hybridized carbons (Fsp3) is 0.578. The van der Waals surface area contributed by atoms with Gasteiger partial charge in [-0.2, -0.15) is 0 Å². The van der Waals surface area contributed by atoms with Crippen LogP contribution in [0.1, 0.15) is 137 Å². The van der Waals surface area contributed by atoms with Crippen molar-refractivity contribution in [2.24, 2.45) is 0 Å². The van der Waals surface area contributed by atoms with Crippen molar-refractivity contribution in [1.82, 2.24) is 24.6 Å². The molecule has 3 N–H and O–H groups in total. The van der Waals surface area contributed by atoms with Crippen molar-refractivity contribution < 1.29 is 32.9 Å². The van der Waals surface area contributed by atoms with Crippen LogP contribution in [0.15, 0.2) is 61.2 Å². The van der Waals surface area contributed by atoms with Crippen LogP contribution >= 0.6 is 7.52 Å². The van der Waals surface area contributed by atoms with E-state index in [4.69, 9.17) is 24.5 Å². The highest BCUT2D eigenvalue weighted by molar-refractivity contribution is 7.57. The van der Waals surface area contributed by atoms with E-state index in [1.54, 1.807) is 36.0 Å². The number of anilines is 1. The molecule has 0 spiro atoms. The minimum absolute atomic E-state index is 0.259. The van der Waals surface area contributed by atoms with Crippen molar-refractivity contribution in [2.45, 2.75) is 156 Å². The maximum absolute atomic E-state index is 14.6. The molecule has 0 aliphatic carbocycles. The summed E-state index contributed by atoms with van der Waals surface area (Å²) in [5.41, 5.74) is 6.98. The van der Waals surface area contributed by atoms with E-state index < -0.39 is 25.6 Å². The van der Waals surface area contributed by atoms with Crippen molar-refractivity contribution in [2.75, 3.05) is 18.7 Å². The van der Waals surface area contributed by atoms with Crippen LogP contribution in [0.5, 0.6) is 11.5 Å². The summed E-state index contributed by atoms with van der Waals surface area (Å²) in [5.74, 6) is 0.0808. The highest BCUT2D eigenvalue weighted by Gasteiger charge is 2.32. The Balaban J connectivity index is 1.30. The maximum Gasteiger partial charge on any atom is 0.342 e. The minimum Gasteiger partial charge on any atom is -0.465 e. The molecule has 0 aliphatic heterocycles. The molecule has 0 aliphatic rings. The summed E-state index contributed by atoms with van der Waals surface area (Å²) in [5, 5.41) is 4.10. The molecule has 2 aromatic carbocycles. The van der Waals surface area contributed by atoms with Gasteiger partial charge in [0, 0.05) is 17.2 Å². The zero-order chi connectivity index (χ0) is 42.3. The van der Waals surface area contributed by atoms with Crippen LogP contribution in [0, 0.1) is 0 Å². The number of allylic oxidation sites excluding steroid dienone is 2. The van der Waals surface area contributed by atoms with E-state index in [0.29, 0.717) is 47.1 Å². The molecule has 13 nitrogen and oxygen atoms in total. The average molecular weight is 835 g/mol. The van der Waals surface area contributed by atoms with Crippen LogP contribution in [-0.4, -0.2) is 56.6 Å². The topological polar surface area (TPSA) is 170 Å². The molecular weight excluding hydrogens is 768 g/mol. The van der Waals surface area contributed by atoms with E-state index in [2.05, 4.69) is 39.1 Å². The second-order valence-electron chi connectivity index (χ2n) is 15.3. The Hall–Kier alpha value is -4.32. The molecule has 0 saturated carbocycles. The van der Waals surface area contributed by atoms with E-state index in [9.17, 15) is 14.2 Å². The molecule has 0 saturated heterocycles. The summed E-state index contributed by atoms with van der Waals surface area (Å²) in [4.78, 5) is 38.4. The van der Waals surface area contributed by atoms with Gasteiger partial charge in [-0.1, -0.05) is 114 Å². The van der Waals surface area contributed by atoms with E-state index in [1.165, 1.54) is 64.1 Å². The van der Waals surface area contributed by atoms with E-state index in [1.807, 2.05) is 32.0 Å². The number of nitrogen functional groups attached to an aromatic ring is 1. The number of fused-ring (bicyclic) bond motifs is 2. The Morgan fingerprint density at radius 1 is 0.814 bits per heavy atom. The normalized spacial score (nSPS) is 13.8. The van der Waals surface area contributed by atoms with Gasteiger partial charge in [0.25, 0.3) is 0 Å². The molecule has 4 aromatic rings. The number of imidazole rings is 1. The molecule has 59 heavy (non-hydrogen) atoms. The smallest absolute Gasteiger partial charge is 0.342 e. The lowest BCUT2D eigenvalue weighted by Gasteiger charge is -2.26. The predicted octanol–water partition coefficient (Wildman–Crippen LogP) is 10.9. The predicted molar refractivity (Wildman–Crippen MR) is 236 cm³/mol. The first kappa shape index (κ1) is 47.4. The number of esters is 2. The number of aromatic nitrogens is 4. The van der Waals surface area contributed by atoms with Gasteiger partial charge in [0.2, 0.25) is 0 Å². The van der Waals surface area contributed by atoms with Gasteiger partial charge in [0.15, 0.2) is 11.5 Å². The Labute approximate surface area is 350 Å². The summed E-state index contributed by atoms with van der Waals surface area (Å²) in [6.45, 7) is 8.23. The summed E-state index contributed by atoms with van der Waals surface area (Å²) in [6, 6.07) is 9.60. The number of nitrogens with zero attached hydrogens (tertiary/aromatic N) is 4. The number of nitrogens with two attached hydrogens (primary N) is 1. The summed E-state index contributed by atoms with van der Waals surface area (Å²) in [6.07, 6.45) is 25.5. The van der Waals surface area contributed by atoms with E-state index >= 15 is 0 Å². The lowest BCUT2D eigenvalue weighted by atomic mass is 10.1. The Bertz CT molecular complexity index is 1950. The third-order valence-electron chi connectivity index (χ3n) is 10.1. The van der Waals surface area contributed by atoms with Gasteiger partial charge in [-0.15, -0.1) is 0 Å². The van der Waals surface area contributed by atoms with Crippen LogP contribution in [0.3, 0.4) is 0 Å². The van der Waals surface area contributed by atoms with Gasteiger partial charge in [-0.05, 0) is 64.5 Å². The molecule has 0 radical (unpaired) electrons. The maximum atomic E-state index is 14.6. The number of hydrogen-bond donors (Lipinski definition) is 2. The van der Waals surface area contributed by atoms with Gasteiger partial charge in [0.1, 0.15) is 35.7 Å². The van der Waals surface area contributed by atoms with Crippen molar-refractivity contribution in [3.8, 4) is 11.5 Å². The number of carbonyl (C=O) groups is 2. The fourth-order valence-corrected chi connectivity index (χ4v) is 8.53. The fourth-order valence-electron chi connectivity index (χ4n) is 6.73. The van der Waals surface area contributed by atoms with Gasteiger partial charge in [0.05, 0.1) is 25.6 Å². The van der Waals surface area contributed by atoms with Crippen LogP contribution in [-0.2, 0) is 30.2 Å². The largest absolute Gasteiger partial charge is 0.465 e. The summed E-state index contributed by atoms with van der Waals surface area (Å²) < 4.78 is 40.0. The molecule has 0 amide bonds. The number of carbonyl (C=O) groups excluding carboxylic acids is 2. The van der Waals surface area contributed by atoms with Crippen molar-refractivity contribution in [3.05, 3.63) is 61.2 Å².